The van der Waals surface area contributed by atoms with E-state index in [2.05, 4.69) is 13.0 Å². The van der Waals surface area contributed by atoms with Gasteiger partial charge < -0.3 is 0 Å². The Kier molecular flexibility index (Phi) is 2.57. The maximum absolute atomic E-state index is 12.4. The van der Waals surface area contributed by atoms with Gasteiger partial charge in [-0.05, 0) is 49.0 Å². The predicted molar refractivity (Wildman–Crippen MR) is 68.8 cm³/mol. The second-order valence-electron chi connectivity index (χ2n) is 5.87. The monoisotopic (exact) mass is 227 g/mol. The summed E-state index contributed by atoms with van der Waals surface area (Å²) in [5.74, 6) is 0.913. The van der Waals surface area contributed by atoms with Crippen LogP contribution >= 0.6 is 0 Å². The van der Waals surface area contributed by atoms with Gasteiger partial charge in [0.1, 0.15) is 0 Å². The maximum Gasteiger partial charge on any atom is 0.163 e. The summed E-state index contributed by atoms with van der Waals surface area (Å²) >= 11 is 0. The minimum atomic E-state index is 0.266. The summed E-state index contributed by atoms with van der Waals surface area (Å²) in [5.41, 5.74) is 2.49. The second kappa shape index (κ2) is 3.97. The van der Waals surface area contributed by atoms with E-state index in [1.165, 1.54) is 24.8 Å². The van der Waals surface area contributed by atoms with Crippen LogP contribution in [0.25, 0.3) is 0 Å². The molecule has 1 aromatic carbocycles. The van der Waals surface area contributed by atoms with Crippen molar-refractivity contribution in [1.29, 1.82) is 0 Å². The summed E-state index contributed by atoms with van der Waals surface area (Å²) in [5, 5.41) is 0. The van der Waals surface area contributed by atoms with E-state index in [0.29, 0.717) is 11.7 Å². The average molecular weight is 227 g/mol. The van der Waals surface area contributed by atoms with Gasteiger partial charge in [-0.2, -0.15) is 0 Å². The number of rotatable bonds is 0. The van der Waals surface area contributed by atoms with Gasteiger partial charge in [0.25, 0.3) is 0 Å². The van der Waals surface area contributed by atoms with Crippen LogP contribution in [0.5, 0.6) is 0 Å². The third-order valence-corrected chi connectivity index (χ3v) is 4.58. The second-order valence-corrected chi connectivity index (χ2v) is 5.87. The van der Waals surface area contributed by atoms with Gasteiger partial charge in [-0.3, -0.25) is 4.79 Å². The highest BCUT2D eigenvalue weighted by Gasteiger charge is 2.40. The number of fused-ring (bicyclic) bond motifs is 1. The average Bonchev–Trinajstić information content (AvgIpc) is 2.62. The minimum absolute atomic E-state index is 0.266. The van der Waals surface area contributed by atoms with E-state index in [4.69, 9.17) is 0 Å². The van der Waals surface area contributed by atoms with Gasteiger partial charge in [-0.15, -0.1) is 0 Å². The van der Waals surface area contributed by atoms with Crippen LogP contribution in [0.15, 0.2) is 24.3 Å². The highest BCUT2D eigenvalue weighted by molar-refractivity contribution is 5.98. The lowest BCUT2D eigenvalue weighted by molar-refractivity contribution is 0.0912. The van der Waals surface area contributed by atoms with Crippen molar-refractivity contribution in [3.05, 3.63) is 42.3 Å². The topological polar surface area (TPSA) is 17.1 Å². The first-order valence-corrected chi connectivity index (χ1v) is 6.63. The molecular formula is C16H19O. The number of carbonyl (C=O) groups excluding carboxylic acids is 1. The van der Waals surface area contributed by atoms with E-state index >= 15 is 0 Å². The Balaban J connectivity index is 1.92. The Morgan fingerprint density at radius 3 is 2.82 bits per heavy atom. The summed E-state index contributed by atoms with van der Waals surface area (Å²) in [6.45, 7) is 4.18. The molecular weight excluding hydrogens is 208 g/mol. The van der Waals surface area contributed by atoms with Crippen LogP contribution in [0.2, 0.25) is 0 Å². The standard InChI is InChI=1S/C16H19O/c1-12-6-8-16(10-12)9-7-13-4-2-3-5-14(13)15(17)11-16/h2-5,12H,1,6-11H2. The SMILES string of the molecule is [CH2]C1CCC2(CCc3ccccc3C(=O)C2)C1. The van der Waals surface area contributed by atoms with Crippen molar-refractivity contribution in [2.75, 3.05) is 0 Å². The molecule has 2 unspecified atom stereocenters. The van der Waals surface area contributed by atoms with Crippen LogP contribution in [0.3, 0.4) is 0 Å². The molecule has 3 rings (SSSR count). The van der Waals surface area contributed by atoms with E-state index in [1.54, 1.807) is 0 Å². The Morgan fingerprint density at radius 2 is 2.06 bits per heavy atom. The van der Waals surface area contributed by atoms with Crippen molar-refractivity contribution < 1.29 is 4.79 Å². The van der Waals surface area contributed by atoms with E-state index in [0.717, 1.165) is 24.8 Å². The first-order valence-electron chi connectivity index (χ1n) is 6.63. The summed E-state index contributed by atoms with van der Waals surface area (Å²) in [4.78, 5) is 12.4. The molecule has 1 radical (unpaired) electrons. The van der Waals surface area contributed by atoms with Crippen LogP contribution in [0, 0.1) is 18.3 Å². The highest BCUT2D eigenvalue weighted by Crippen LogP contribution is 2.49. The molecule has 0 heterocycles. The quantitative estimate of drug-likeness (QED) is 0.658. The van der Waals surface area contributed by atoms with Crippen LogP contribution < -0.4 is 0 Å². The minimum Gasteiger partial charge on any atom is -0.294 e. The van der Waals surface area contributed by atoms with E-state index in [1.807, 2.05) is 18.2 Å². The molecule has 2 aliphatic rings. The molecule has 1 spiro atoms. The van der Waals surface area contributed by atoms with Crippen LogP contribution in [0.4, 0.5) is 0 Å². The summed E-state index contributed by atoms with van der Waals surface area (Å²) in [6.07, 6.45) is 6.52. The van der Waals surface area contributed by atoms with Crippen LogP contribution in [-0.2, 0) is 6.42 Å². The third kappa shape index (κ3) is 1.92. The smallest absolute Gasteiger partial charge is 0.163 e. The fraction of sp³-hybridized carbons (Fsp3) is 0.500. The van der Waals surface area contributed by atoms with E-state index in [9.17, 15) is 4.79 Å². The zero-order valence-electron chi connectivity index (χ0n) is 10.2. The van der Waals surface area contributed by atoms with E-state index < -0.39 is 0 Å². The molecule has 0 amide bonds. The molecule has 0 aromatic heterocycles. The Bertz CT molecular complexity index is 449. The Morgan fingerprint density at radius 1 is 1.24 bits per heavy atom. The Hall–Kier alpha value is -1.11. The van der Waals surface area contributed by atoms with Crippen molar-refractivity contribution in [1.82, 2.24) is 0 Å². The molecule has 1 heteroatoms. The lowest BCUT2D eigenvalue weighted by atomic mass is 9.77. The number of benzene rings is 1. The first-order chi connectivity index (χ1) is 8.19. The van der Waals surface area contributed by atoms with Gasteiger partial charge in [0.15, 0.2) is 5.78 Å². The fourth-order valence-corrected chi connectivity index (χ4v) is 3.65. The Labute approximate surface area is 103 Å². The molecule has 0 bridgehead atoms. The molecule has 1 nitrogen and oxygen atoms in total. The lowest BCUT2D eigenvalue weighted by Gasteiger charge is -2.26. The summed E-state index contributed by atoms with van der Waals surface area (Å²) in [7, 11) is 0. The van der Waals surface area contributed by atoms with Crippen molar-refractivity contribution >= 4 is 5.78 Å². The fourth-order valence-electron chi connectivity index (χ4n) is 3.65. The summed E-state index contributed by atoms with van der Waals surface area (Å²) in [6, 6.07) is 8.13. The summed E-state index contributed by atoms with van der Waals surface area (Å²) < 4.78 is 0. The molecule has 0 aliphatic heterocycles. The van der Waals surface area contributed by atoms with Gasteiger partial charge in [-0.1, -0.05) is 31.2 Å². The molecule has 1 fully saturated rings. The molecule has 2 aliphatic carbocycles. The highest BCUT2D eigenvalue weighted by atomic mass is 16.1. The number of hydrogen-bond acceptors (Lipinski definition) is 1. The molecule has 2 atom stereocenters. The number of Topliss-reactive ketones (excluding diaryl/α,β-unsaturated/α-hetero) is 1. The largest absolute Gasteiger partial charge is 0.294 e. The zero-order chi connectivity index (χ0) is 11.9. The number of aryl methyl sites for hydroxylation is 1. The number of hydrogen-bond donors (Lipinski definition) is 0. The molecule has 17 heavy (non-hydrogen) atoms. The molecule has 0 saturated heterocycles. The number of ketones is 1. The molecule has 0 N–H and O–H groups in total. The van der Waals surface area contributed by atoms with Crippen molar-refractivity contribution in [2.24, 2.45) is 11.3 Å². The zero-order valence-corrected chi connectivity index (χ0v) is 10.2. The van der Waals surface area contributed by atoms with Crippen molar-refractivity contribution in [2.45, 2.75) is 38.5 Å². The normalized spacial score (nSPS) is 32.5. The first kappa shape index (κ1) is 11.0. The van der Waals surface area contributed by atoms with Gasteiger partial charge in [-0.25, -0.2) is 0 Å². The van der Waals surface area contributed by atoms with Gasteiger partial charge in [0.05, 0.1) is 0 Å². The number of carbonyl (C=O) groups is 1. The third-order valence-electron chi connectivity index (χ3n) is 4.58. The van der Waals surface area contributed by atoms with Crippen LogP contribution in [-0.4, -0.2) is 5.78 Å². The predicted octanol–water partition coefficient (Wildman–Crippen LogP) is 3.83. The van der Waals surface area contributed by atoms with Crippen molar-refractivity contribution in [3.63, 3.8) is 0 Å². The molecule has 89 valence electrons. The molecule has 1 saturated carbocycles. The molecule has 1 aromatic rings. The lowest BCUT2D eigenvalue weighted by Crippen LogP contribution is -2.20. The van der Waals surface area contributed by atoms with Crippen LogP contribution in [0.1, 0.15) is 48.0 Å². The van der Waals surface area contributed by atoms with Gasteiger partial charge in [0, 0.05) is 12.0 Å². The van der Waals surface area contributed by atoms with E-state index in [-0.39, 0.29) is 5.41 Å². The van der Waals surface area contributed by atoms with Crippen molar-refractivity contribution in [3.8, 4) is 0 Å². The maximum atomic E-state index is 12.4. The van der Waals surface area contributed by atoms with Gasteiger partial charge in [0.2, 0.25) is 0 Å². The van der Waals surface area contributed by atoms with Gasteiger partial charge >= 0.3 is 0 Å².